The molecule has 0 N–H and O–H groups in total. The zero-order chi connectivity index (χ0) is 14.7. The maximum absolute atomic E-state index is 12.9. The standard InChI is InChI=1S/C18H21OP/c1-5-20-16-9-7-6-8-15(16)18(19)17-13(3)10-12(2)11-14(17)4/h6-11,20H,5H2,1-4H3. The van der Waals surface area contributed by atoms with Crippen LogP contribution in [0, 0.1) is 20.8 Å². The molecule has 2 rings (SSSR count). The molecule has 0 aliphatic rings. The van der Waals surface area contributed by atoms with E-state index in [9.17, 15) is 4.79 Å². The Labute approximate surface area is 123 Å². The average molecular weight is 284 g/mol. The van der Waals surface area contributed by atoms with Crippen LogP contribution in [0.3, 0.4) is 0 Å². The molecular formula is C18H21OP. The number of benzene rings is 2. The smallest absolute Gasteiger partial charge is 0.194 e. The lowest BCUT2D eigenvalue weighted by atomic mass is 9.93. The van der Waals surface area contributed by atoms with Crippen molar-refractivity contribution in [2.75, 3.05) is 6.16 Å². The van der Waals surface area contributed by atoms with Crippen LogP contribution in [-0.4, -0.2) is 11.9 Å². The number of hydrogen-bond donors (Lipinski definition) is 0. The lowest BCUT2D eigenvalue weighted by molar-refractivity contribution is 0.103. The number of rotatable bonds is 4. The highest BCUT2D eigenvalue weighted by molar-refractivity contribution is 7.47. The molecule has 1 unspecified atom stereocenters. The van der Waals surface area contributed by atoms with Gasteiger partial charge in [-0.3, -0.25) is 4.79 Å². The van der Waals surface area contributed by atoms with E-state index < -0.39 is 0 Å². The van der Waals surface area contributed by atoms with Gasteiger partial charge in [-0.1, -0.05) is 57.5 Å². The molecule has 2 heteroatoms. The van der Waals surface area contributed by atoms with Crippen molar-refractivity contribution in [2.45, 2.75) is 27.7 Å². The van der Waals surface area contributed by atoms with E-state index >= 15 is 0 Å². The molecule has 1 atom stereocenters. The minimum atomic E-state index is 0.163. The van der Waals surface area contributed by atoms with Gasteiger partial charge >= 0.3 is 0 Å². The Bertz CT molecular complexity index is 621. The fourth-order valence-electron chi connectivity index (χ4n) is 2.70. The summed E-state index contributed by atoms with van der Waals surface area (Å²) in [6, 6.07) is 12.2. The minimum absolute atomic E-state index is 0.163. The van der Waals surface area contributed by atoms with Crippen LogP contribution in [0.15, 0.2) is 36.4 Å². The summed E-state index contributed by atoms with van der Waals surface area (Å²) >= 11 is 0. The predicted octanol–water partition coefficient (Wildman–Crippen LogP) is 4.17. The molecule has 0 saturated heterocycles. The molecule has 0 spiro atoms. The Morgan fingerprint density at radius 3 is 2.25 bits per heavy atom. The van der Waals surface area contributed by atoms with E-state index in [0.717, 1.165) is 28.4 Å². The molecular weight excluding hydrogens is 263 g/mol. The van der Waals surface area contributed by atoms with E-state index in [1.54, 1.807) is 0 Å². The van der Waals surface area contributed by atoms with Crippen LogP contribution < -0.4 is 5.30 Å². The van der Waals surface area contributed by atoms with Crippen LogP contribution in [0.4, 0.5) is 0 Å². The summed E-state index contributed by atoms with van der Waals surface area (Å²) in [5.74, 6) is 0.163. The summed E-state index contributed by atoms with van der Waals surface area (Å²) in [5, 5.41) is 1.18. The highest BCUT2D eigenvalue weighted by Crippen LogP contribution is 2.22. The number of aryl methyl sites for hydroxylation is 3. The van der Waals surface area contributed by atoms with Gasteiger partial charge in [-0.25, -0.2) is 0 Å². The Morgan fingerprint density at radius 1 is 1.05 bits per heavy atom. The Hall–Kier alpha value is -1.46. The van der Waals surface area contributed by atoms with Crippen LogP contribution in [0.25, 0.3) is 0 Å². The molecule has 0 radical (unpaired) electrons. The van der Waals surface area contributed by atoms with Gasteiger partial charge in [0.05, 0.1) is 0 Å². The second-order valence-corrected chi connectivity index (χ2v) is 6.78. The molecule has 0 aromatic heterocycles. The highest BCUT2D eigenvalue weighted by Gasteiger charge is 2.17. The fraction of sp³-hybridized carbons (Fsp3) is 0.278. The van der Waals surface area contributed by atoms with Gasteiger partial charge in [0.1, 0.15) is 0 Å². The van der Waals surface area contributed by atoms with Gasteiger partial charge in [0.15, 0.2) is 5.78 Å². The summed E-state index contributed by atoms with van der Waals surface area (Å²) in [6.45, 7) is 8.28. The van der Waals surface area contributed by atoms with Crippen molar-refractivity contribution in [3.05, 3.63) is 64.2 Å². The molecule has 0 fully saturated rings. The van der Waals surface area contributed by atoms with Crippen LogP contribution >= 0.6 is 8.58 Å². The largest absolute Gasteiger partial charge is 0.289 e. The monoisotopic (exact) mass is 284 g/mol. The number of carbonyl (C=O) groups excluding carboxylic acids is 1. The van der Waals surface area contributed by atoms with Crippen molar-refractivity contribution in [3.63, 3.8) is 0 Å². The molecule has 0 bridgehead atoms. The summed E-state index contributed by atoms with van der Waals surface area (Å²) in [7, 11) is 0.694. The maximum Gasteiger partial charge on any atom is 0.194 e. The van der Waals surface area contributed by atoms with E-state index in [1.807, 2.05) is 32.0 Å². The maximum atomic E-state index is 12.9. The SMILES string of the molecule is CCPc1ccccc1C(=O)c1c(C)cc(C)cc1C. The van der Waals surface area contributed by atoms with Gasteiger partial charge in [0, 0.05) is 11.1 Å². The van der Waals surface area contributed by atoms with E-state index in [0.29, 0.717) is 8.58 Å². The molecule has 20 heavy (non-hydrogen) atoms. The molecule has 0 saturated carbocycles. The Balaban J connectivity index is 2.52. The van der Waals surface area contributed by atoms with Gasteiger partial charge in [-0.15, -0.1) is 0 Å². The number of hydrogen-bond acceptors (Lipinski definition) is 1. The van der Waals surface area contributed by atoms with Crippen molar-refractivity contribution < 1.29 is 4.79 Å². The zero-order valence-electron chi connectivity index (χ0n) is 12.6. The second kappa shape index (κ2) is 6.33. The molecule has 104 valence electrons. The summed E-state index contributed by atoms with van der Waals surface area (Å²) in [6.07, 6.45) is 1.08. The molecule has 2 aromatic carbocycles. The first-order chi connectivity index (χ1) is 9.54. The lowest BCUT2D eigenvalue weighted by Crippen LogP contribution is -2.15. The summed E-state index contributed by atoms with van der Waals surface area (Å²) < 4.78 is 0. The summed E-state index contributed by atoms with van der Waals surface area (Å²) in [5.41, 5.74) is 5.08. The quantitative estimate of drug-likeness (QED) is 0.608. The van der Waals surface area contributed by atoms with Gasteiger partial charge < -0.3 is 0 Å². The van der Waals surface area contributed by atoms with E-state index in [4.69, 9.17) is 0 Å². The summed E-state index contributed by atoms with van der Waals surface area (Å²) in [4.78, 5) is 12.9. The third kappa shape index (κ3) is 2.99. The van der Waals surface area contributed by atoms with Gasteiger partial charge in [0.2, 0.25) is 0 Å². The van der Waals surface area contributed by atoms with Crippen LogP contribution in [0.5, 0.6) is 0 Å². The second-order valence-electron chi connectivity index (χ2n) is 5.18. The van der Waals surface area contributed by atoms with Crippen molar-refractivity contribution in [3.8, 4) is 0 Å². The van der Waals surface area contributed by atoms with E-state index in [-0.39, 0.29) is 5.78 Å². The van der Waals surface area contributed by atoms with Crippen LogP contribution in [0.1, 0.15) is 39.5 Å². The van der Waals surface area contributed by atoms with Gasteiger partial charge in [-0.2, -0.15) is 0 Å². The van der Waals surface area contributed by atoms with Gasteiger partial charge in [0.25, 0.3) is 0 Å². The minimum Gasteiger partial charge on any atom is -0.289 e. The van der Waals surface area contributed by atoms with Gasteiger partial charge in [-0.05, 0) is 43.4 Å². The molecule has 0 aliphatic heterocycles. The fourth-order valence-corrected chi connectivity index (χ4v) is 3.68. The zero-order valence-corrected chi connectivity index (χ0v) is 13.6. The van der Waals surface area contributed by atoms with Crippen LogP contribution in [-0.2, 0) is 0 Å². The Kier molecular flexibility index (Phi) is 4.73. The third-order valence-corrected chi connectivity index (χ3v) is 4.61. The molecule has 0 aliphatic carbocycles. The average Bonchev–Trinajstić information content (AvgIpc) is 2.38. The normalized spacial score (nSPS) is 11.2. The first kappa shape index (κ1) is 14.9. The Morgan fingerprint density at radius 2 is 1.65 bits per heavy atom. The molecule has 2 aromatic rings. The highest BCUT2D eigenvalue weighted by atomic mass is 31.1. The lowest BCUT2D eigenvalue weighted by Gasteiger charge is -2.13. The first-order valence-corrected chi connectivity index (χ1v) is 8.20. The number of carbonyl (C=O) groups is 1. The molecule has 0 heterocycles. The van der Waals surface area contributed by atoms with Crippen molar-refractivity contribution in [1.82, 2.24) is 0 Å². The van der Waals surface area contributed by atoms with Crippen molar-refractivity contribution in [2.24, 2.45) is 0 Å². The molecule has 1 nitrogen and oxygen atoms in total. The first-order valence-electron chi connectivity index (χ1n) is 7.00. The third-order valence-electron chi connectivity index (χ3n) is 3.44. The van der Waals surface area contributed by atoms with Crippen LogP contribution in [0.2, 0.25) is 0 Å². The molecule has 0 amide bonds. The van der Waals surface area contributed by atoms with E-state index in [1.165, 1.54) is 10.9 Å². The topological polar surface area (TPSA) is 17.1 Å². The van der Waals surface area contributed by atoms with Crippen molar-refractivity contribution >= 4 is 19.7 Å². The number of ketones is 1. The predicted molar refractivity (Wildman–Crippen MR) is 89.0 cm³/mol. The van der Waals surface area contributed by atoms with Crippen molar-refractivity contribution in [1.29, 1.82) is 0 Å². The van der Waals surface area contributed by atoms with E-state index in [2.05, 4.69) is 32.0 Å².